The molecule has 0 N–H and O–H groups in total. The highest BCUT2D eigenvalue weighted by atomic mass is 35.5. The van der Waals surface area contributed by atoms with Crippen molar-refractivity contribution in [2.75, 3.05) is 26.3 Å². The number of halogens is 1. The van der Waals surface area contributed by atoms with E-state index in [9.17, 15) is 4.79 Å². The summed E-state index contributed by atoms with van der Waals surface area (Å²) in [4.78, 5) is 14.0. The summed E-state index contributed by atoms with van der Waals surface area (Å²) in [6, 6.07) is 0. The molecule has 0 aromatic heterocycles. The van der Waals surface area contributed by atoms with E-state index in [2.05, 4.69) is 6.92 Å². The molecule has 2 aliphatic heterocycles. The predicted octanol–water partition coefficient (Wildman–Crippen LogP) is 1.50. The van der Waals surface area contributed by atoms with Crippen LogP contribution in [-0.2, 0) is 9.53 Å². The first-order valence-electron chi connectivity index (χ1n) is 5.69. The number of nitrogens with zero attached hydrogens (tertiary/aromatic N) is 1. The van der Waals surface area contributed by atoms with Crippen LogP contribution in [0.3, 0.4) is 0 Å². The maximum atomic E-state index is 12.1. The standard InChI is InChI=1S/C11H18ClNO2/c1-8-6-13(4-2-10(8)12)11(14)9-3-5-15-7-9/h8-10H,2-7H2,1H3. The van der Waals surface area contributed by atoms with Gasteiger partial charge in [0.15, 0.2) is 0 Å². The molecule has 3 unspecified atom stereocenters. The van der Waals surface area contributed by atoms with Gasteiger partial charge in [-0.25, -0.2) is 0 Å². The minimum Gasteiger partial charge on any atom is -0.381 e. The lowest BCUT2D eigenvalue weighted by Crippen LogP contribution is -2.46. The lowest BCUT2D eigenvalue weighted by Gasteiger charge is -2.35. The Hall–Kier alpha value is -0.280. The predicted molar refractivity (Wildman–Crippen MR) is 58.9 cm³/mol. The second kappa shape index (κ2) is 4.71. The summed E-state index contributed by atoms with van der Waals surface area (Å²) in [6.45, 7) is 5.07. The Morgan fingerprint density at radius 3 is 2.87 bits per heavy atom. The van der Waals surface area contributed by atoms with Crippen molar-refractivity contribution < 1.29 is 9.53 Å². The van der Waals surface area contributed by atoms with Gasteiger partial charge in [0, 0.05) is 25.1 Å². The Balaban J connectivity index is 1.90. The Morgan fingerprint density at radius 1 is 1.47 bits per heavy atom. The van der Waals surface area contributed by atoms with E-state index in [0.29, 0.717) is 12.5 Å². The largest absolute Gasteiger partial charge is 0.381 e. The lowest BCUT2D eigenvalue weighted by atomic mass is 9.97. The molecule has 2 rings (SSSR count). The zero-order chi connectivity index (χ0) is 10.8. The number of carbonyl (C=O) groups excluding carboxylic acids is 1. The molecular weight excluding hydrogens is 214 g/mol. The number of ether oxygens (including phenoxy) is 1. The number of likely N-dealkylation sites (tertiary alicyclic amines) is 1. The first-order valence-corrected chi connectivity index (χ1v) is 6.12. The van der Waals surface area contributed by atoms with E-state index in [4.69, 9.17) is 16.3 Å². The fourth-order valence-corrected chi connectivity index (χ4v) is 2.48. The summed E-state index contributed by atoms with van der Waals surface area (Å²) >= 11 is 6.13. The number of piperidine rings is 1. The molecule has 0 aromatic rings. The molecule has 2 saturated heterocycles. The molecule has 1 amide bonds. The second-order valence-corrected chi connectivity index (χ2v) is 5.19. The van der Waals surface area contributed by atoms with E-state index < -0.39 is 0 Å². The zero-order valence-electron chi connectivity index (χ0n) is 9.12. The fourth-order valence-electron chi connectivity index (χ4n) is 2.30. The minimum atomic E-state index is 0.101. The molecule has 0 aliphatic carbocycles. The molecule has 2 aliphatic rings. The van der Waals surface area contributed by atoms with Gasteiger partial charge in [-0.3, -0.25) is 4.79 Å². The van der Waals surface area contributed by atoms with Crippen LogP contribution in [0.25, 0.3) is 0 Å². The van der Waals surface area contributed by atoms with Gasteiger partial charge in [-0.15, -0.1) is 11.6 Å². The molecule has 2 heterocycles. The highest BCUT2D eigenvalue weighted by molar-refractivity contribution is 6.20. The summed E-state index contributed by atoms with van der Waals surface area (Å²) in [7, 11) is 0. The van der Waals surface area contributed by atoms with E-state index in [1.54, 1.807) is 0 Å². The van der Waals surface area contributed by atoms with Gasteiger partial charge < -0.3 is 9.64 Å². The number of hydrogen-bond acceptors (Lipinski definition) is 2. The highest BCUT2D eigenvalue weighted by Crippen LogP contribution is 2.24. The van der Waals surface area contributed by atoms with Crippen LogP contribution in [0.5, 0.6) is 0 Å². The molecular formula is C11H18ClNO2. The number of carbonyl (C=O) groups is 1. The summed E-state index contributed by atoms with van der Waals surface area (Å²) in [5, 5.41) is 0.230. The molecule has 0 spiro atoms. The van der Waals surface area contributed by atoms with Crippen LogP contribution >= 0.6 is 11.6 Å². The number of rotatable bonds is 1. The van der Waals surface area contributed by atoms with Gasteiger partial charge in [-0.05, 0) is 18.8 Å². The van der Waals surface area contributed by atoms with E-state index >= 15 is 0 Å². The van der Waals surface area contributed by atoms with Crippen LogP contribution in [0.4, 0.5) is 0 Å². The maximum Gasteiger partial charge on any atom is 0.228 e. The van der Waals surface area contributed by atoms with Crippen molar-refractivity contribution in [2.24, 2.45) is 11.8 Å². The van der Waals surface area contributed by atoms with Crippen molar-refractivity contribution in [1.29, 1.82) is 0 Å². The van der Waals surface area contributed by atoms with Crippen LogP contribution in [0.15, 0.2) is 0 Å². The third-order valence-corrected chi connectivity index (χ3v) is 4.04. The molecule has 3 atom stereocenters. The monoisotopic (exact) mass is 231 g/mol. The molecule has 0 radical (unpaired) electrons. The van der Waals surface area contributed by atoms with E-state index in [1.807, 2.05) is 4.90 Å². The van der Waals surface area contributed by atoms with Crippen molar-refractivity contribution in [3.05, 3.63) is 0 Å². The zero-order valence-corrected chi connectivity index (χ0v) is 9.87. The summed E-state index contributed by atoms with van der Waals surface area (Å²) in [5.74, 6) is 0.777. The maximum absolute atomic E-state index is 12.1. The summed E-state index contributed by atoms with van der Waals surface area (Å²) in [6.07, 6.45) is 1.80. The fraction of sp³-hybridized carbons (Fsp3) is 0.909. The van der Waals surface area contributed by atoms with E-state index in [0.717, 1.165) is 32.5 Å². The Kier molecular flexibility index (Phi) is 3.52. The quantitative estimate of drug-likeness (QED) is 0.640. The van der Waals surface area contributed by atoms with Gasteiger partial charge in [-0.1, -0.05) is 6.92 Å². The molecule has 0 aromatic carbocycles. The molecule has 3 nitrogen and oxygen atoms in total. The van der Waals surface area contributed by atoms with Crippen molar-refractivity contribution in [3.63, 3.8) is 0 Å². The average molecular weight is 232 g/mol. The summed E-state index contributed by atoms with van der Waals surface area (Å²) in [5.41, 5.74) is 0. The normalized spacial score (nSPS) is 36.9. The molecule has 0 bridgehead atoms. The first-order chi connectivity index (χ1) is 7.18. The minimum absolute atomic E-state index is 0.101. The van der Waals surface area contributed by atoms with Crippen LogP contribution in [-0.4, -0.2) is 42.5 Å². The second-order valence-electron chi connectivity index (χ2n) is 4.63. The van der Waals surface area contributed by atoms with Crippen molar-refractivity contribution in [3.8, 4) is 0 Å². The SMILES string of the molecule is CC1CN(C(=O)C2CCOC2)CCC1Cl. The van der Waals surface area contributed by atoms with Gasteiger partial charge in [-0.2, -0.15) is 0 Å². The third kappa shape index (κ3) is 2.45. The van der Waals surface area contributed by atoms with Gasteiger partial charge in [0.2, 0.25) is 5.91 Å². The van der Waals surface area contributed by atoms with Crippen LogP contribution in [0.2, 0.25) is 0 Å². The van der Waals surface area contributed by atoms with Crippen molar-refractivity contribution in [1.82, 2.24) is 4.90 Å². The first kappa shape index (κ1) is 11.2. The Bertz CT molecular complexity index is 241. The number of alkyl halides is 1. The molecule has 86 valence electrons. The Labute approximate surface area is 95.7 Å². The Morgan fingerprint density at radius 2 is 2.27 bits per heavy atom. The molecule has 4 heteroatoms. The van der Waals surface area contributed by atoms with Gasteiger partial charge in [0.25, 0.3) is 0 Å². The topological polar surface area (TPSA) is 29.5 Å². The smallest absolute Gasteiger partial charge is 0.228 e. The number of hydrogen-bond donors (Lipinski definition) is 0. The van der Waals surface area contributed by atoms with Crippen molar-refractivity contribution >= 4 is 17.5 Å². The van der Waals surface area contributed by atoms with Crippen LogP contribution in [0, 0.1) is 11.8 Å². The number of amides is 1. The van der Waals surface area contributed by atoms with Crippen molar-refractivity contribution in [2.45, 2.75) is 25.1 Å². The van der Waals surface area contributed by atoms with E-state index in [-0.39, 0.29) is 17.2 Å². The van der Waals surface area contributed by atoms with E-state index in [1.165, 1.54) is 0 Å². The summed E-state index contributed by atoms with van der Waals surface area (Å²) < 4.78 is 5.24. The van der Waals surface area contributed by atoms with Gasteiger partial charge in [0.1, 0.15) is 0 Å². The van der Waals surface area contributed by atoms with Crippen LogP contribution in [0.1, 0.15) is 19.8 Å². The molecule has 2 fully saturated rings. The van der Waals surface area contributed by atoms with Gasteiger partial charge in [0.05, 0.1) is 12.5 Å². The van der Waals surface area contributed by atoms with Gasteiger partial charge >= 0.3 is 0 Å². The molecule has 0 saturated carbocycles. The van der Waals surface area contributed by atoms with Crippen LogP contribution < -0.4 is 0 Å². The molecule has 15 heavy (non-hydrogen) atoms. The highest BCUT2D eigenvalue weighted by Gasteiger charge is 2.32. The average Bonchev–Trinajstić information content (AvgIpc) is 2.74. The third-order valence-electron chi connectivity index (χ3n) is 3.39. The lowest BCUT2D eigenvalue weighted by molar-refractivity contribution is -0.137.